The number of hydrogen-bond donors (Lipinski definition) is 1. The molecule has 0 amide bonds. The Hall–Kier alpha value is -1.79. The summed E-state index contributed by atoms with van der Waals surface area (Å²) in [6, 6.07) is 5.49. The highest BCUT2D eigenvalue weighted by molar-refractivity contribution is 5.45. The highest BCUT2D eigenvalue weighted by atomic mass is 16.5. The Kier molecular flexibility index (Phi) is 4.24. The van der Waals surface area contributed by atoms with E-state index in [1.807, 2.05) is 26.0 Å². The van der Waals surface area contributed by atoms with Crippen LogP contribution < -0.4 is 5.73 Å². The van der Waals surface area contributed by atoms with E-state index >= 15 is 0 Å². The van der Waals surface area contributed by atoms with Crippen LogP contribution in [0.1, 0.15) is 26.1 Å². The van der Waals surface area contributed by atoms with Crippen molar-refractivity contribution in [2.75, 3.05) is 13.2 Å². The van der Waals surface area contributed by atoms with Crippen LogP contribution >= 0.6 is 0 Å². The fourth-order valence-corrected chi connectivity index (χ4v) is 1.54. The largest absolute Gasteiger partial charge is 0.379 e. The predicted molar refractivity (Wildman–Crippen MR) is 70.2 cm³/mol. The summed E-state index contributed by atoms with van der Waals surface area (Å²) in [5, 5.41) is 3.91. The van der Waals surface area contributed by atoms with Crippen LogP contribution in [0.2, 0.25) is 0 Å². The van der Waals surface area contributed by atoms with Gasteiger partial charge in [0.25, 0.3) is 5.89 Å². The van der Waals surface area contributed by atoms with Gasteiger partial charge in [0.1, 0.15) is 11.2 Å². The van der Waals surface area contributed by atoms with E-state index in [-0.39, 0.29) is 0 Å². The Balaban J connectivity index is 2.12. The van der Waals surface area contributed by atoms with Crippen molar-refractivity contribution in [3.8, 4) is 11.6 Å². The second-order valence-electron chi connectivity index (χ2n) is 4.61. The van der Waals surface area contributed by atoms with E-state index in [0.29, 0.717) is 30.6 Å². The summed E-state index contributed by atoms with van der Waals surface area (Å²) in [6.45, 7) is 4.87. The molecule has 2 aromatic heterocycles. The molecule has 2 heterocycles. The van der Waals surface area contributed by atoms with Crippen LogP contribution in [0, 0.1) is 0 Å². The molecule has 0 saturated heterocycles. The van der Waals surface area contributed by atoms with E-state index in [2.05, 4.69) is 15.1 Å². The predicted octanol–water partition coefficient (Wildman–Crippen LogP) is 1.73. The molecule has 1 unspecified atom stereocenters. The molecule has 0 radical (unpaired) electrons. The zero-order valence-electron chi connectivity index (χ0n) is 11.2. The number of nitrogens with two attached hydrogens (primary N) is 1. The molecule has 19 heavy (non-hydrogen) atoms. The molecule has 1 atom stereocenters. The Morgan fingerprint density at radius 3 is 2.95 bits per heavy atom. The Labute approximate surface area is 112 Å². The zero-order chi connectivity index (χ0) is 13.7. The zero-order valence-corrected chi connectivity index (χ0v) is 11.2. The van der Waals surface area contributed by atoms with Crippen LogP contribution in [0.3, 0.4) is 0 Å². The number of pyridine rings is 1. The Bertz CT molecular complexity index is 510. The third-order valence-electron chi connectivity index (χ3n) is 2.57. The molecule has 6 heteroatoms. The molecule has 2 rings (SSSR count). The average molecular weight is 262 g/mol. The number of hydrogen-bond acceptors (Lipinski definition) is 6. The third-order valence-corrected chi connectivity index (χ3v) is 2.57. The lowest BCUT2D eigenvalue weighted by Crippen LogP contribution is -2.39. The lowest BCUT2D eigenvalue weighted by atomic mass is 10.1. The molecule has 0 bridgehead atoms. The molecule has 0 saturated carbocycles. The van der Waals surface area contributed by atoms with Crippen molar-refractivity contribution in [3.63, 3.8) is 0 Å². The van der Waals surface area contributed by atoms with Crippen molar-refractivity contribution in [2.24, 2.45) is 5.73 Å². The van der Waals surface area contributed by atoms with E-state index in [1.54, 1.807) is 12.3 Å². The number of aromatic nitrogens is 3. The maximum Gasteiger partial charge on any atom is 0.276 e. The van der Waals surface area contributed by atoms with Crippen molar-refractivity contribution < 1.29 is 9.26 Å². The van der Waals surface area contributed by atoms with Gasteiger partial charge in [-0.25, -0.2) is 0 Å². The molecule has 0 aliphatic rings. The van der Waals surface area contributed by atoms with Gasteiger partial charge in [0.05, 0.1) is 6.61 Å². The van der Waals surface area contributed by atoms with Gasteiger partial charge in [0, 0.05) is 12.8 Å². The summed E-state index contributed by atoms with van der Waals surface area (Å²) in [7, 11) is 0. The van der Waals surface area contributed by atoms with Crippen LogP contribution in [0.15, 0.2) is 28.9 Å². The highest BCUT2D eigenvalue weighted by Gasteiger charge is 2.28. The smallest absolute Gasteiger partial charge is 0.276 e. The Morgan fingerprint density at radius 2 is 2.26 bits per heavy atom. The molecule has 2 aromatic rings. The second-order valence-corrected chi connectivity index (χ2v) is 4.61. The van der Waals surface area contributed by atoms with Crippen molar-refractivity contribution >= 4 is 0 Å². The molecule has 0 aliphatic heterocycles. The van der Waals surface area contributed by atoms with Gasteiger partial charge in [0.2, 0.25) is 0 Å². The SMILES string of the molecule is CCCOCC(C)(N)c1noc(-c2ccccn2)n1. The highest BCUT2D eigenvalue weighted by Crippen LogP contribution is 2.19. The minimum absolute atomic E-state index is 0.349. The van der Waals surface area contributed by atoms with E-state index in [9.17, 15) is 0 Å². The topological polar surface area (TPSA) is 87.1 Å². The summed E-state index contributed by atoms with van der Waals surface area (Å²) in [5.74, 6) is 0.784. The van der Waals surface area contributed by atoms with Gasteiger partial charge in [-0.15, -0.1) is 0 Å². The molecule has 102 valence electrons. The average Bonchev–Trinajstić information content (AvgIpc) is 2.90. The Morgan fingerprint density at radius 1 is 1.42 bits per heavy atom. The van der Waals surface area contributed by atoms with Crippen LogP contribution in [0.4, 0.5) is 0 Å². The lowest BCUT2D eigenvalue weighted by Gasteiger charge is -2.19. The second kappa shape index (κ2) is 5.90. The first-order chi connectivity index (χ1) is 9.13. The van der Waals surface area contributed by atoms with E-state index in [1.165, 1.54) is 0 Å². The normalized spacial score (nSPS) is 14.3. The van der Waals surface area contributed by atoms with Gasteiger partial charge < -0.3 is 15.0 Å². The van der Waals surface area contributed by atoms with Crippen LogP contribution in [0.25, 0.3) is 11.6 Å². The first-order valence-electron chi connectivity index (χ1n) is 6.25. The van der Waals surface area contributed by atoms with Crippen molar-refractivity contribution in [1.82, 2.24) is 15.1 Å². The molecule has 0 spiro atoms. The monoisotopic (exact) mass is 262 g/mol. The van der Waals surface area contributed by atoms with Gasteiger partial charge in [-0.3, -0.25) is 4.98 Å². The fraction of sp³-hybridized carbons (Fsp3) is 0.462. The van der Waals surface area contributed by atoms with Gasteiger partial charge in [-0.1, -0.05) is 18.1 Å². The van der Waals surface area contributed by atoms with Crippen molar-refractivity contribution in [2.45, 2.75) is 25.8 Å². The van der Waals surface area contributed by atoms with Crippen molar-refractivity contribution in [1.29, 1.82) is 0 Å². The molecular weight excluding hydrogens is 244 g/mol. The minimum atomic E-state index is -0.772. The van der Waals surface area contributed by atoms with Crippen LogP contribution in [-0.2, 0) is 10.3 Å². The fourth-order valence-electron chi connectivity index (χ4n) is 1.54. The van der Waals surface area contributed by atoms with Crippen LogP contribution in [-0.4, -0.2) is 28.3 Å². The van der Waals surface area contributed by atoms with E-state index < -0.39 is 5.54 Å². The number of ether oxygens (including phenoxy) is 1. The molecular formula is C13H18N4O2. The standard InChI is InChI=1S/C13H18N4O2/c1-3-8-18-9-13(2,14)12-16-11(19-17-12)10-6-4-5-7-15-10/h4-7H,3,8-9,14H2,1-2H3. The number of rotatable bonds is 6. The third kappa shape index (κ3) is 3.36. The maximum atomic E-state index is 6.14. The summed E-state index contributed by atoms with van der Waals surface area (Å²) in [6.07, 6.45) is 2.62. The van der Waals surface area contributed by atoms with Gasteiger partial charge in [-0.2, -0.15) is 4.98 Å². The molecule has 6 nitrogen and oxygen atoms in total. The summed E-state index contributed by atoms with van der Waals surface area (Å²) in [5.41, 5.74) is 6.00. The van der Waals surface area contributed by atoms with Gasteiger partial charge in [-0.05, 0) is 25.5 Å². The molecule has 0 aromatic carbocycles. The summed E-state index contributed by atoms with van der Waals surface area (Å²) >= 11 is 0. The first-order valence-corrected chi connectivity index (χ1v) is 6.25. The van der Waals surface area contributed by atoms with Crippen LogP contribution in [0.5, 0.6) is 0 Å². The minimum Gasteiger partial charge on any atom is -0.379 e. The maximum absolute atomic E-state index is 6.14. The first kappa shape index (κ1) is 13.6. The molecule has 0 aliphatic carbocycles. The van der Waals surface area contributed by atoms with Gasteiger partial charge in [0.15, 0.2) is 5.82 Å². The molecule has 0 fully saturated rings. The van der Waals surface area contributed by atoms with E-state index in [4.69, 9.17) is 15.0 Å². The van der Waals surface area contributed by atoms with Crippen molar-refractivity contribution in [3.05, 3.63) is 30.2 Å². The lowest BCUT2D eigenvalue weighted by molar-refractivity contribution is 0.0867. The summed E-state index contributed by atoms with van der Waals surface area (Å²) < 4.78 is 10.6. The summed E-state index contributed by atoms with van der Waals surface area (Å²) in [4.78, 5) is 8.44. The number of nitrogens with zero attached hydrogens (tertiary/aromatic N) is 3. The van der Waals surface area contributed by atoms with Gasteiger partial charge >= 0.3 is 0 Å². The van der Waals surface area contributed by atoms with E-state index in [0.717, 1.165) is 6.42 Å². The quantitative estimate of drug-likeness (QED) is 0.798. The molecule has 2 N–H and O–H groups in total.